The molecule has 1 unspecified atom stereocenters. The fourth-order valence-corrected chi connectivity index (χ4v) is 5.08. The molecule has 2 aromatic rings. The Morgan fingerprint density at radius 2 is 1.91 bits per heavy atom. The van der Waals surface area contributed by atoms with Crippen LogP contribution in [0.25, 0.3) is 5.70 Å². The Labute approximate surface area is 200 Å². The molecule has 1 aliphatic carbocycles. The second-order valence-corrected chi connectivity index (χ2v) is 9.29. The van der Waals surface area contributed by atoms with Crippen LogP contribution in [0.2, 0.25) is 0 Å². The highest BCUT2D eigenvalue weighted by Crippen LogP contribution is 2.31. The van der Waals surface area contributed by atoms with Crippen molar-refractivity contribution in [1.29, 1.82) is 0 Å². The van der Waals surface area contributed by atoms with Gasteiger partial charge in [-0.25, -0.2) is 9.38 Å². The largest absolute Gasteiger partial charge is 0.372 e. The Bertz CT molecular complexity index is 1070. The summed E-state index contributed by atoms with van der Waals surface area (Å²) >= 11 is 0. The molecule has 0 spiro atoms. The van der Waals surface area contributed by atoms with Crippen molar-refractivity contribution in [2.75, 3.05) is 38.7 Å². The van der Waals surface area contributed by atoms with E-state index in [0.29, 0.717) is 43.0 Å². The number of aliphatic imine (C=N–C) groups is 1. The number of aliphatic hydroxyl groups excluding tert-OH is 1. The van der Waals surface area contributed by atoms with E-state index >= 15 is 0 Å². The number of aromatic nitrogens is 1. The highest BCUT2D eigenvalue weighted by molar-refractivity contribution is 5.89. The van der Waals surface area contributed by atoms with Crippen molar-refractivity contribution in [2.24, 2.45) is 4.99 Å². The number of rotatable bonds is 4. The van der Waals surface area contributed by atoms with Crippen LogP contribution in [0.15, 0.2) is 53.8 Å². The summed E-state index contributed by atoms with van der Waals surface area (Å²) in [6.45, 7) is 1.78. The number of halogens is 1. The van der Waals surface area contributed by atoms with Gasteiger partial charge in [-0.3, -0.25) is 4.98 Å². The minimum absolute atomic E-state index is 0.111. The molecule has 0 amide bonds. The first-order chi connectivity index (χ1) is 16.5. The van der Waals surface area contributed by atoms with Gasteiger partial charge >= 0.3 is 0 Å². The number of aliphatic hydroxyl groups is 1. The summed E-state index contributed by atoms with van der Waals surface area (Å²) < 4.78 is 20.4. The summed E-state index contributed by atoms with van der Waals surface area (Å²) in [4.78, 5) is 14.7. The number of anilines is 1. The molecule has 34 heavy (non-hydrogen) atoms. The fraction of sp³-hybridized carbons (Fsp3) is 0.462. The lowest BCUT2D eigenvalue weighted by atomic mass is 10.1. The maximum atomic E-state index is 14.3. The van der Waals surface area contributed by atoms with Crippen LogP contribution < -0.4 is 4.90 Å². The lowest BCUT2D eigenvalue weighted by Gasteiger charge is -2.40. The maximum absolute atomic E-state index is 14.3. The molecule has 2 atom stereocenters. The van der Waals surface area contributed by atoms with Gasteiger partial charge in [0.25, 0.3) is 0 Å². The van der Waals surface area contributed by atoms with Crippen LogP contribution in [0.1, 0.15) is 42.9 Å². The number of likely N-dealkylation sites (N-methyl/N-ethyl adjacent to an activating group) is 1. The molecule has 180 valence electrons. The molecule has 8 heteroatoms. The number of morpholine rings is 1. The van der Waals surface area contributed by atoms with Gasteiger partial charge < -0.3 is 24.5 Å². The topological polar surface area (TPSA) is 64.4 Å². The van der Waals surface area contributed by atoms with Gasteiger partial charge in [-0.1, -0.05) is 25.0 Å². The monoisotopic (exact) mass is 465 g/mol. The molecule has 2 fully saturated rings. The molecule has 3 heterocycles. The van der Waals surface area contributed by atoms with Crippen molar-refractivity contribution >= 4 is 17.3 Å². The molecule has 1 aromatic carbocycles. The summed E-state index contributed by atoms with van der Waals surface area (Å²) in [5.74, 6) is 0.142. The Morgan fingerprint density at radius 3 is 2.65 bits per heavy atom. The summed E-state index contributed by atoms with van der Waals surface area (Å²) in [5, 5.41) is 10.6. The van der Waals surface area contributed by atoms with Crippen LogP contribution >= 0.6 is 0 Å². The molecule has 2 aliphatic heterocycles. The normalized spacial score (nSPS) is 23.6. The molecule has 0 bridgehead atoms. The van der Waals surface area contributed by atoms with Gasteiger partial charge in [0.15, 0.2) is 12.0 Å². The van der Waals surface area contributed by atoms with E-state index in [1.807, 2.05) is 0 Å². The number of guanidine groups is 1. The highest BCUT2D eigenvalue weighted by atomic mass is 19.1. The molecule has 1 saturated carbocycles. The molecule has 1 saturated heterocycles. The third kappa shape index (κ3) is 4.52. The molecule has 0 radical (unpaired) electrons. The zero-order valence-electron chi connectivity index (χ0n) is 19.8. The highest BCUT2D eigenvalue weighted by Gasteiger charge is 2.31. The van der Waals surface area contributed by atoms with Crippen LogP contribution in [-0.2, 0) is 4.74 Å². The number of nitrogens with zero attached hydrogens (tertiary/aromatic N) is 5. The van der Waals surface area contributed by atoms with Crippen molar-refractivity contribution in [3.8, 4) is 0 Å². The molecule has 1 aromatic heterocycles. The molecular formula is C26H32FN5O2. The quantitative estimate of drug-likeness (QED) is 0.744. The first-order valence-electron chi connectivity index (χ1n) is 12.0. The van der Waals surface area contributed by atoms with E-state index in [1.165, 1.54) is 37.6 Å². The van der Waals surface area contributed by atoms with E-state index in [9.17, 15) is 9.50 Å². The predicted octanol–water partition coefficient (Wildman–Crippen LogP) is 3.63. The van der Waals surface area contributed by atoms with Gasteiger partial charge in [-0.2, -0.15) is 0 Å². The van der Waals surface area contributed by atoms with Crippen molar-refractivity contribution in [3.63, 3.8) is 0 Å². The number of hydrogen-bond acceptors (Lipinski definition) is 7. The number of ether oxygens (including phenoxy) is 1. The SMILES string of the molecule is CN1C(N2CCO[C@@H](c3ccc(N(C)C4CCCC4)cc3)C2)=NC(c2ccncc2F)=CC1O. The number of pyridine rings is 1. The second kappa shape index (κ2) is 9.72. The van der Waals surface area contributed by atoms with Crippen LogP contribution in [0, 0.1) is 5.82 Å². The van der Waals surface area contributed by atoms with Crippen LogP contribution in [0.5, 0.6) is 0 Å². The Morgan fingerprint density at radius 1 is 1.15 bits per heavy atom. The maximum Gasteiger partial charge on any atom is 0.204 e. The standard InChI is InChI=1S/C26H32FN5O2/c1-30(19-5-3-4-6-19)20-9-7-18(8-10-20)24-17-32(13-14-34-24)26-29-23(15-25(33)31(26)2)21-11-12-28-16-22(21)27/h7-12,15-16,19,24-25,33H,3-6,13-14,17H2,1-2H3/t24-,25?/m1/s1. The van der Waals surface area contributed by atoms with E-state index in [4.69, 9.17) is 9.73 Å². The van der Waals surface area contributed by atoms with E-state index in [1.54, 1.807) is 24.1 Å². The van der Waals surface area contributed by atoms with Crippen LogP contribution in [0.4, 0.5) is 10.1 Å². The average Bonchev–Trinajstić information content (AvgIpc) is 3.41. The average molecular weight is 466 g/mol. The molecule has 3 aliphatic rings. The molecule has 5 rings (SSSR count). The molecule has 7 nitrogen and oxygen atoms in total. The third-order valence-corrected chi connectivity index (χ3v) is 7.18. The minimum Gasteiger partial charge on any atom is -0.372 e. The van der Waals surface area contributed by atoms with E-state index < -0.39 is 12.0 Å². The van der Waals surface area contributed by atoms with Crippen LogP contribution in [-0.4, -0.2) is 71.9 Å². The summed E-state index contributed by atoms with van der Waals surface area (Å²) in [6.07, 6.45) is 8.39. The lowest BCUT2D eigenvalue weighted by molar-refractivity contribution is -0.0143. The number of hydrogen-bond donors (Lipinski definition) is 1. The number of benzene rings is 1. The van der Waals surface area contributed by atoms with E-state index in [-0.39, 0.29) is 6.10 Å². The summed E-state index contributed by atoms with van der Waals surface area (Å²) in [7, 11) is 3.97. The van der Waals surface area contributed by atoms with Gasteiger partial charge in [0, 0.05) is 44.1 Å². The first-order valence-corrected chi connectivity index (χ1v) is 12.0. The predicted molar refractivity (Wildman–Crippen MR) is 131 cm³/mol. The minimum atomic E-state index is -0.901. The lowest BCUT2D eigenvalue weighted by Crippen LogP contribution is -2.52. The molecule has 1 N–H and O–H groups in total. The van der Waals surface area contributed by atoms with Crippen molar-refractivity contribution in [1.82, 2.24) is 14.8 Å². The van der Waals surface area contributed by atoms with Gasteiger partial charge in [0.05, 0.1) is 25.0 Å². The van der Waals surface area contributed by atoms with Gasteiger partial charge in [0.2, 0.25) is 5.96 Å². The molecular weight excluding hydrogens is 433 g/mol. The van der Waals surface area contributed by atoms with Gasteiger partial charge in [0.1, 0.15) is 6.10 Å². The smallest absolute Gasteiger partial charge is 0.204 e. The Balaban J connectivity index is 1.33. The summed E-state index contributed by atoms with van der Waals surface area (Å²) in [6, 6.07) is 10.9. The van der Waals surface area contributed by atoms with Gasteiger partial charge in [-0.05, 0) is 42.7 Å². The van der Waals surface area contributed by atoms with Crippen molar-refractivity contribution in [3.05, 3.63) is 65.7 Å². The zero-order chi connectivity index (χ0) is 23.7. The van der Waals surface area contributed by atoms with Gasteiger partial charge in [-0.15, -0.1) is 0 Å². The Hall–Kier alpha value is -2.97. The Kier molecular flexibility index (Phi) is 6.52. The second-order valence-electron chi connectivity index (χ2n) is 9.29. The fourth-order valence-electron chi connectivity index (χ4n) is 5.08. The van der Waals surface area contributed by atoms with Crippen molar-refractivity contribution in [2.45, 2.75) is 44.1 Å². The first kappa shape index (κ1) is 22.8. The van der Waals surface area contributed by atoms with Crippen molar-refractivity contribution < 1.29 is 14.2 Å². The van der Waals surface area contributed by atoms with E-state index in [0.717, 1.165) is 11.8 Å². The zero-order valence-corrected chi connectivity index (χ0v) is 19.8. The third-order valence-electron chi connectivity index (χ3n) is 7.18. The van der Waals surface area contributed by atoms with E-state index in [2.05, 4.69) is 46.1 Å². The van der Waals surface area contributed by atoms with Crippen LogP contribution in [0.3, 0.4) is 0 Å². The summed E-state index contributed by atoms with van der Waals surface area (Å²) in [5.41, 5.74) is 3.08.